The van der Waals surface area contributed by atoms with E-state index in [2.05, 4.69) is 15.2 Å². The number of thiazole rings is 1. The Morgan fingerprint density at radius 1 is 1.19 bits per heavy atom. The highest BCUT2D eigenvalue weighted by Crippen LogP contribution is 2.28. The minimum Gasteiger partial charge on any atom is -0.459 e. The van der Waals surface area contributed by atoms with Gasteiger partial charge >= 0.3 is 0 Å². The lowest BCUT2D eigenvalue weighted by Gasteiger charge is -2.28. The molecule has 0 aliphatic carbocycles. The van der Waals surface area contributed by atoms with Crippen LogP contribution >= 0.6 is 11.3 Å². The van der Waals surface area contributed by atoms with Gasteiger partial charge in [-0.1, -0.05) is 12.8 Å². The van der Waals surface area contributed by atoms with E-state index in [1.54, 1.807) is 12.1 Å². The summed E-state index contributed by atoms with van der Waals surface area (Å²) in [7, 11) is 0. The van der Waals surface area contributed by atoms with Gasteiger partial charge in [0.2, 0.25) is 5.91 Å². The first-order valence-electron chi connectivity index (χ1n) is 9.52. The maximum absolute atomic E-state index is 12.6. The third kappa shape index (κ3) is 4.39. The van der Waals surface area contributed by atoms with Crippen molar-refractivity contribution in [3.05, 3.63) is 34.7 Å². The maximum Gasteiger partial charge on any atom is 0.293 e. The Bertz CT molecular complexity index is 794. The molecule has 0 atom stereocenters. The zero-order valence-corrected chi connectivity index (χ0v) is 16.1. The standard InChI is InChI=1S/C19H24N4O3S/c24-17(23-8-3-1-2-4-9-23)13-22-10-7-14-16(12-22)27-19(20-14)21-18(25)15-6-5-11-26-15/h5-6,11H,1-4,7-10,12-13H2,(H,20,21,25). The fourth-order valence-corrected chi connectivity index (χ4v) is 4.66. The van der Waals surface area contributed by atoms with Crippen molar-refractivity contribution in [1.82, 2.24) is 14.8 Å². The summed E-state index contributed by atoms with van der Waals surface area (Å²) in [5.41, 5.74) is 1.02. The summed E-state index contributed by atoms with van der Waals surface area (Å²) in [6, 6.07) is 3.31. The van der Waals surface area contributed by atoms with E-state index in [0.717, 1.165) is 49.5 Å². The van der Waals surface area contributed by atoms with Crippen molar-refractivity contribution in [2.75, 3.05) is 31.5 Å². The lowest BCUT2D eigenvalue weighted by atomic mass is 10.2. The fraction of sp³-hybridized carbons (Fsp3) is 0.526. The van der Waals surface area contributed by atoms with Gasteiger partial charge in [0.25, 0.3) is 5.91 Å². The summed E-state index contributed by atoms with van der Waals surface area (Å²) in [6.07, 6.45) is 6.96. The van der Waals surface area contributed by atoms with Crippen molar-refractivity contribution < 1.29 is 14.0 Å². The van der Waals surface area contributed by atoms with Gasteiger partial charge in [-0.25, -0.2) is 4.98 Å². The number of likely N-dealkylation sites (tertiary alicyclic amines) is 1. The minimum atomic E-state index is -0.292. The Morgan fingerprint density at radius 3 is 2.74 bits per heavy atom. The second-order valence-corrected chi connectivity index (χ2v) is 8.16. The first-order chi connectivity index (χ1) is 13.2. The van der Waals surface area contributed by atoms with Crippen molar-refractivity contribution >= 4 is 28.3 Å². The van der Waals surface area contributed by atoms with Gasteiger partial charge < -0.3 is 9.32 Å². The number of furan rings is 1. The van der Waals surface area contributed by atoms with Crippen molar-refractivity contribution in [2.45, 2.75) is 38.6 Å². The lowest BCUT2D eigenvalue weighted by Crippen LogP contribution is -2.42. The van der Waals surface area contributed by atoms with Crippen molar-refractivity contribution in [2.24, 2.45) is 0 Å². The van der Waals surface area contributed by atoms with Gasteiger partial charge in [-0.3, -0.25) is 19.8 Å². The summed E-state index contributed by atoms with van der Waals surface area (Å²) < 4.78 is 5.11. The van der Waals surface area contributed by atoms with Crippen LogP contribution in [-0.2, 0) is 17.8 Å². The Labute approximate surface area is 162 Å². The smallest absolute Gasteiger partial charge is 0.293 e. The number of aromatic nitrogens is 1. The van der Waals surface area contributed by atoms with Crippen LogP contribution in [-0.4, -0.2) is 52.8 Å². The predicted molar refractivity (Wildman–Crippen MR) is 103 cm³/mol. The van der Waals surface area contributed by atoms with E-state index in [0.29, 0.717) is 18.2 Å². The van der Waals surface area contributed by atoms with Crippen LogP contribution in [0.4, 0.5) is 5.13 Å². The predicted octanol–water partition coefficient (Wildman–Crippen LogP) is 2.75. The van der Waals surface area contributed by atoms with Crippen LogP contribution in [0.5, 0.6) is 0 Å². The molecule has 2 aromatic heterocycles. The Hall–Kier alpha value is -2.19. The van der Waals surface area contributed by atoms with Crippen LogP contribution < -0.4 is 5.32 Å². The summed E-state index contributed by atoms with van der Waals surface area (Å²) in [5, 5.41) is 3.38. The largest absolute Gasteiger partial charge is 0.459 e. The Morgan fingerprint density at radius 2 is 2.00 bits per heavy atom. The number of rotatable bonds is 4. The molecule has 4 rings (SSSR count). The number of nitrogens with one attached hydrogen (secondary N) is 1. The monoisotopic (exact) mass is 388 g/mol. The van der Waals surface area contributed by atoms with Crippen LogP contribution in [0.3, 0.4) is 0 Å². The van der Waals surface area contributed by atoms with Crippen LogP contribution in [0.25, 0.3) is 0 Å². The molecular weight excluding hydrogens is 364 g/mol. The molecule has 0 bridgehead atoms. The van der Waals surface area contributed by atoms with E-state index in [1.807, 2.05) is 4.90 Å². The second kappa shape index (κ2) is 8.22. The third-order valence-electron chi connectivity index (χ3n) is 5.09. The zero-order chi connectivity index (χ0) is 18.6. The first-order valence-corrected chi connectivity index (χ1v) is 10.3. The molecule has 2 aliphatic heterocycles. The molecule has 0 aromatic carbocycles. The normalized spacial score (nSPS) is 18.0. The van der Waals surface area contributed by atoms with Gasteiger partial charge in [0.1, 0.15) is 0 Å². The van der Waals surface area contributed by atoms with Crippen LogP contribution in [0, 0.1) is 0 Å². The Kier molecular flexibility index (Phi) is 5.54. The quantitative estimate of drug-likeness (QED) is 0.871. The molecule has 0 radical (unpaired) electrons. The highest BCUT2D eigenvalue weighted by atomic mass is 32.1. The summed E-state index contributed by atoms with van der Waals surface area (Å²) >= 11 is 1.48. The molecule has 27 heavy (non-hydrogen) atoms. The summed E-state index contributed by atoms with van der Waals surface area (Å²) in [4.78, 5) is 34.6. The van der Waals surface area contributed by atoms with E-state index in [-0.39, 0.29) is 17.6 Å². The van der Waals surface area contributed by atoms with E-state index in [4.69, 9.17) is 4.42 Å². The fourth-order valence-electron chi connectivity index (χ4n) is 3.61. The molecule has 1 fully saturated rings. The van der Waals surface area contributed by atoms with Gasteiger partial charge in [-0.05, 0) is 25.0 Å². The zero-order valence-electron chi connectivity index (χ0n) is 15.3. The number of carbonyl (C=O) groups is 2. The Balaban J connectivity index is 1.35. The number of fused-ring (bicyclic) bond motifs is 1. The molecule has 2 amide bonds. The number of hydrogen-bond acceptors (Lipinski definition) is 6. The van der Waals surface area contributed by atoms with E-state index < -0.39 is 0 Å². The number of carbonyl (C=O) groups excluding carboxylic acids is 2. The van der Waals surface area contributed by atoms with Crippen molar-refractivity contribution in [3.8, 4) is 0 Å². The van der Waals surface area contributed by atoms with Crippen LogP contribution in [0.2, 0.25) is 0 Å². The van der Waals surface area contributed by atoms with E-state index in [1.165, 1.54) is 30.4 Å². The molecule has 0 unspecified atom stereocenters. The number of hydrogen-bond donors (Lipinski definition) is 1. The maximum atomic E-state index is 12.6. The van der Waals surface area contributed by atoms with Crippen molar-refractivity contribution in [3.63, 3.8) is 0 Å². The highest BCUT2D eigenvalue weighted by Gasteiger charge is 2.25. The van der Waals surface area contributed by atoms with Gasteiger partial charge in [-0.15, -0.1) is 11.3 Å². The molecule has 1 N–H and O–H groups in total. The topological polar surface area (TPSA) is 78.7 Å². The summed E-state index contributed by atoms with van der Waals surface area (Å²) in [6.45, 7) is 3.78. The third-order valence-corrected chi connectivity index (χ3v) is 6.09. The van der Waals surface area contributed by atoms with Crippen LogP contribution in [0.1, 0.15) is 46.8 Å². The van der Waals surface area contributed by atoms with Gasteiger partial charge in [0.15, 0.2) is 10.9 Å². The molecule has 144 valence electrons. The number of nitrogens with zero attached hydrogens (tertiary/aromatic N) is 3. The first kappa shape index (κ1) is 18.2. The van der Waals surface area contributed by atoms with Gasteiger partial charge in [0.05, 0.1) is 18.5 Å². The number of amides is 2. The molecule has 1 saturated heterocycles. The molecule has 7 nitrogen and oxygen atoms in total. The lowest BCUT2D eigenvalue weighted by molar-refractivity contribution is -0.132. The summed E-state index contributed by atoms with van der Waals surface area (Å²) in [5.74, 6) is 0.211. The minimum absolute atomic E-state index is 0.233. The van der Waals surface area contributed by atoms with E-state index >= 15 is 0 Å². The van der Waals surface area contributed by atoms with Crippen molar-refractivity contribution in [1.29, 1.82) is 0 Å². The van der Waals surface area contributed by atoms with Gasteiger partial charge in [0, 0.05) is 37.5 Å². The molecule has 2 aliphatic rings. The molecule has 0 spiro atoms. The average molecular weight is 388 g/mol. The molecule has 8 heteroatoms. The molecule has 0 saturated carbocycles. The number of anilines is 1. The molecular formula is C19H24N4O3S. The van der Waals surface area contributed by atoms with Crippen LogP contribution in [0.15, 0.2) is 22.8 Å². The average Bonchev–Trinajstić information content (AvgIpc) is 3.24. The van der Waals surface area contributed by atoms with E-state index in [9.17, 15) is 9.59 Å². The molecule has 4 heterocycles. The molecule has 2 aromatic rings. The SMILES string of the molecule is O=C(Nc1nc2c(s1)CN(CC(=O)N1CCCCCC1)CC2)c1ccco1. The second-order valence-electron chi connectivity index (χ2n) is 7.08. The van der Waals surface area contributed by atoms with Gasteiger partial charge in [-0.2, -0.15) is 0 Å². The highest BCUT2D eigenvalue weighted by molar-refractivity contribution is 7.15.